The van der Waals surface area contributed by atoms with Crippen LogP contribution in [0.1, 0.15) is 18.4 Å². The molecule has 1 aliphatic rings. The van der Waals surface area contributed by atoms with Gasteiger partial charge in [-0.3, -0.25) is 4.79 Å². The molecule has 1 saturated heterocycles. The lowest BCUT2D eigenvalue weighted by molar-refractivity contribution is -0.124. The Hall–Kier alpha value is -2.45. The van der Waals surface area contributed by atoms with E-state index in [4.69, 9.17) is 4.74 Å². The van der Waals surface area contributed by atoms with Crippen LogP contribution in [-0.2, 0) is 21.2 Å². The molecular formula is C20H23FN2O4S. The lowest BCUT2D eigenvalue weighted by Gasteiger charge is -2.23. The highest BCUT2D eigenvalue weighted by molar-refractivity contribution is 7.89. The Morgan fingerprint density at radius 2 is 1.93 bits per heavy atom. The van der Waals surface area contributed by atoms with Gasteiger partial charge in [0.2, 0.25) is 15.9 Å². The minimum atomic E-state index is -4.06. The number of hydrogen-bond acceptors (Lipinski definition) is 4. The Bertz CT molecular complexity index is 931. The summed E-state index contributed by atoms with van der Waals surface area (Å²) in [4.78, 5) is 12.2. The van der Waals surface area contributed by atoms with Gasteiger partial charge < -0.3 is 10.1 Å². The molecule has 2 aromatic carbocycles. The van der Waals surface area contributed by atoms with Crippen LogP contribution in [0.4, 0.5) is 4.39 Å². The lowest BCUT2D eigenvalue weighted by atomic mass is 10.1. The second-order valence-corrected chi connectivity index (χ2v) is 8.45. The van der Waals surface area contributed by atoms with Crippen LogP contribution < -0.4 is 10.1 Å². The topological polar surface area (TPSA) is 75.7 Å². The number of methoxy groups -OCH3 is 1. The van der Waals surface area contributed by atoms with Gasteiger partial charge >= 0.3 is 0 Å². The van der Waals surface area contributed by atoms with Gasteiger partial charge in [-0.15, -0.1) is 0 Å². The second-order valence-electron chi connectivity index (χ2n) is 6.59. The molecule has 0 saturated carbocycles. The molecule has 8 heteroatoms. The maximum Gasteiger partial charge on any atom is 0.246 e. The molecule has 1 aliphatic heterocycles. The molecular weight excluding hydrogens is 383 g/mol. The van der Waals surface area contributed by atoms with Gasteiger partial charge in [-0.25, -0.2) is 12.8 Å². The minimum Gasteiger partial charge on any atom is -0.497 e. The smallest absolute Gasteiger partial charge is 0.246 e. The van der Waals surface area contributed by atoms with Crippen LogP contribution in [0.5, 0.6) is 5.75 Å². The molecule has 28 heavy (non-hydrogen) atoms. The van der Waals surface area contributed by atoms with Crippen molar-refractivity contribution in [1.29, 1.82) is 0 Å². The first-order valence-corrected chi connectivity index (χ1v) is 10.5. The average Bonchev–Trinajstić information content (AvgIpc) is 3.19. The first-order chi connectivity index (χ1) is 13.4. The zero-order valence-corrected chi connectivity index (χ0v) is 16.4. The molecule has 1 fully saturated rings. The summed E-state index contributed by atoms with van der Waals surface area (Å²) in [6.07, 6.45) is 1.59. The molecule has 6 nitrogen and oxygen atoms in total. The van der Waals surface area contributed by atoms with Crippen molar-refractivity contribution in [2.75, 3.05) is 20.2 Å². The summed E-state index contributed by atoms with van der Waals surface area (Å²) in [7, 11) is -2.47. The third kappa shape index (κ3) is 4.34. The summed E-state index contributed by atoms with van der Waals surface area (Å²) in [5.41, 5.74) is 1.03. The number of ether oxygens (including phenoxy) is 1. The number of sulfonamides is 1. The molecule has 1 heterocycles. The third-order valence-corrected chi connectivity index (χ3v) is 6.74. The van der Waals surface area contributed by atoms with E-state index in [2.05, 4.69) is 5.32 Å². The minimum absolute atomic E-state index is 0.202. The predicted octanol–water partition coefficient (Wildman–Crippen LogP) is 2.35. The van der Waals surface area contributed by atoms with Crippen molar-refractivity contribution >= 4 is 15.9 Å². The third-order valence-electron chi connectivity index (χ3n) is 4.80. The SMILES string of the molecule is COc1ccc(CCNC(=O)C2CCCN2S(=O)(=O)c2ccccc2F)cc1. The fourth-order valence-electron chi connectivity index (χ4n) is 3.31. The van der Waals surface area contributed by atoms with Crippen LogP contribution in [0.25, 0.3) is 0 Å². The summed E-state index contributed by atoms with van der Waals surface area (Å²) < 4.78 is 45.9. The predicted molar refractivity (Wildman–Crippen MR) is 103 cm³/mol. The highest BCUT2D eigenvalue weighted by Crippen LogP contribution is 2.27. The van der Waals surface area contributed by atoms with E-state index in [1.54, 1.807) is 7.11 Å². The average molecular weight is 406 g/mol. The molecule has 2 aromatic rings. The van der Waals surface area contributed by atoms with E-state index in [9.17, 15) is 17.6 Å². The molecule has 0 aromatic heterocycles. The Morgan fingerprint density at radius 3 is 2.61 bits per heavy atom. The Balaban J connectivity index is 1.63. The van der Waals surface area contributed by atoms with Gasteiger partial charge in [0.25, 0.3) is 0 Å². The van der Waals surface area contributed by atoms with Crippen molar-refractivity contribution in [2.24, 2.45) is 0 Å². The number of amides is 1. The summed E-state index contributed by atoms with van der Waals surface area (Å²) in [5.74, 6) is -0.410. The zero-order valence-electron chi connectivity index (χ0n) is 15.6. The van der Waals surface area contributed by atoms with Crippen LogP contribution in [0.15, 0.2) is 53.4 Å². The molecule has 1 atom stereocenters. The van der Waals surface area contributed by atoms with Crippen LogP contribution in [-0.4, -0.2) is 44.9 Å². The maximum atomic E-state index is 14.0. The Labute approximate surface area is 164 Å². The van der Waals surface area contributed by atoms with Crippen LogP contribution in [0.2, 0.25) is 0 Å². The Morgan fingerprint density at radius 1 is 1.21 bits per heavy atom. The number of carbonyl (C=O) groups is 1. The van der Waals surface area contributed by atoms with Gasteiger partial charge in [0.15, 0.2) is 0 Å². The van der Waals surface area contributed by atoms with Gasteiger partial charge in [0.1, 0.15) is 22.5 Å². The molecule has 3 rings (SSSR count). The summed E-state index contributed by atoms with van der Waals surface area (Å²) >= 11 is 0. The largest absolute Gasteiger partial charge is 0.497 e. The number of rotatable bonds is 7. The summed E-state index contributed by atoms with van der Waals surface area (Å²) in [5, 5.41) is 2.80. The maximum absolute atomic E-state index is 14.0. The van der Waals surface area contributed by atoms with Gasteiger partial charge in [-0.1, -0.05) is 24.3 Å². The van der Waals surface area contributed by atoms with Crippen LogP contribution >= 0.6 is 0 Å². The number of nitrogens with one attached hydrogen (secondary N) is 1. The second kappa shape index (κ2) is 8.70. The molecule has 1 N–H and O–H groups in total. The van der Waals surface area contributed by atoms with Crippen molar-refractivity contribution in [2.45, 2.75) is 30.2 Å². The van der Waals surface area contributed by atoms with Crippen molar-refractivity contribution < 1.29 is 22.3 Å². The highest BCUT2D eigenvalue weighted by Gasteiger charge is 2.40. The van der Waals surface area contributed by atoms with Crippen molar-refractivity contribution in [3.8, 4) is 5.75 Å². The standard InChI is InChI=1S/C20H23FN2O4S/c1-27-16-10-8-15(9-11-16)12-13-22-20(24)18-6-4-14-23(18)28(25,26)19-7-3-2-5-17(19)21/h2-3,5,7-11,18H,4,6,12-14H2,1H3,(H,22,24). The van der Waals surface area contributed by atoms with Crippen molar-refractivity contribution in [1.82, 2.24) is 9.62 Å². The van der Waals surface area contributed by atoms with E-state index >= 15 is 0 Å². The van der Waals surface area contributed by atoms with E-state index in [1.165, 1.54) is 18.2 Å². The van der Waals surface area contributed by atoms with Gasteiger partial charge in [0.05, 0.1) is 7.11 Å². The molecule has 0 spiro atoms. The quantitative estimate of drug-likeness (QED) is 0.766. The molecule has 0 radical (unpaired) electrons. The normalized spacial score (nSPS) is 17.4. The van der Waals surface area contributed by atoms with E-state index in [0.29, 0.717) is 25.8 Å². The van der Waals surface area contributed by atoms with Crippen molar-refractivity contribution in [3.05, 3.63) is 59.9 Å². The molecule has 0 bridgehead atoms. The number of hydrogen-bond donors (Lipinski definition) is 1. The monoisotopic (exact) mass is 406 g/mol. The van der Waals surface area contributed by atoms with E-state index < -0.39 is 26.8 Å². The van der Waals surface area contributed by atoms with Crippen LogP contribution in [0.3, 0.4) is 0 Å². The summed E-state index contributed by atoms with van der Waals surface area (Å²) in [6, 6.07) is 11.9. The zero-order chi connectivity index (χ0) is 20.1. The lowest BCUT2D eigenvalue weighted by Crippen LogP contribution is -2.46. The van der Waals surface area contributed by atoms with Crippen LogP contribution in [0, 0.1) is 5.82 Å². The first-order valence-electron chi connectivity index (χ1n) is 9.10. The number of nitrogens with zero attached hydrogens (tertiary/aromatic N) is 1. The van der Waals surface area contributed by atoms with E-state index in [1.807, 2.05) is 24.3 Å². The number of benzene rings is 2. The fraction of sp³-hybridized carbons (Fsp3) is 0.350. The van der Waals surface area contributed by atoms with Crippen molar-refractivity contribution in [3.63, 3.8) is 0 Å². The van der Waals surface area contributed by atoms with Gasteiger partial charge in [-0.2, -0.15) is 4.31 Å². The molecule has 150 valence electrons. The van der Waals surface area contributed by atoms with Gasteiger partial charge in [-0.05, 0) is 49.1 Å². The molecule has 1 unspecified atom stereocenters. The fourth-order valence-corrected chi connectivity index (χ4v) is 5.03. The highest BCUT2D eigenvalue weighted by atomic mass is 32.2. The number of halogens is 1. The Kier molecular flexibility index (Phi) is 6.31. The van der Waals surface area contributed by atoms with Gasteiger partial charge in [0, 0.05) is 13.1 Å². The summed E-state index contributed by atoms with van der Waals surface area (Å²) in [6.45, 7) is 0.586. The van der Waals surface area contributed by atoms with E-state index in [0.717, 1.165) is 21.7 Å². The van der Waals surface area contributed by atoms with E-state index in [-0.39, 0.29) is 12.5 Å². The number of carbonyl (C=O) groups excluding carboxylic acids is 1. The molecule has 1 amide bonds. The first kappa shape index (κ1) is 20.3. The molecule has 0 aliphatic carbocycles.